The quantitative estimate of drug-likeness (QED) is 0.643. The molecule has 0 atom stereocenters. The fraction of sp³-hybridized carbons (Fsp3) is 0.261. The van der Waals surface area contributed by atoms with Crippen molar-refractivity contribution in [2.24, 2.45) is 0 Å². The highest BCUT2D eigenvalue weighted by molar-refractivity contribution is 7.89. The van der Waals surface area contributed by atoms with Crippen LogP contribution in [0.4, 0.5) is 5.69 Å². The third-order valence-electron chi connectivity index (χ3n) is 5.43. The summed E-state index contributed by atoms with van der Waals surface area (Å²) in [6, 6.07) is 20.6. The Kier molecular flexibility index (Phi) is 5.63. The number of piperidine rings is 1. The monoisotopic (exact) mass is 405 g/mol. The summed E-state index contributed by atoms with van der Waals surface area (Å²) in [5.41, 5.74) is 1.74. The topological polar surface area (TPSA) is 53.8 Å². The molecular weight excluding hydrogens is 382 g/mol. The Balaban J connectivity index is 1.47. The first-order chi connectivity index (χ1) is 14.1. The van der Waals surface area contributed by atoms with Gasteiger partial charge in [0.05, 0.1) is 11.5 Å². The molecule has 1 N–H and O–H groups in total. The molecule has 0 amide bonds. The molecule has 4 rings (SSSR count). The number of nitrogens with one attached hydrogen (secondary N) is 1. The highest BCUT2D eigenvalue weighted by Gasteiger charge is 2.26. The summed E-state index contributed by atoms with van der Waals surface area (Å²) < 4.78 is 29.1. The molecule has 0 bridgehead atoms. The van der Waals surface area contributed by atoms with Crippen LogP contribution >= 0.6 is 0 Å². The summed E-state index contributed by atoms with van der Waals surface area (Å²) in [5.74, 6) is 0. The average Bonchev–Trinajstić information content (AvgIpc) is 2.75. The fourth-order valence-electron chi connectivity index (χ4n) is 3.92. The van der Waals surface area contributed by atoms with Gasteiger partial charge in [0.15, 0.2) is 5.69 Å². The predicted molar refractivity (Wildman–Crippen MR) is 115 cm³/mol. The molecule has 1 aliphatic heterocycles. The normalized spacial score (nSPS) is 16.0. The summed E-state index contributed by atoms with van der Waals surface area (Å²) in [6.45, 7) is 9.93. The molecular formula is C23H23N3O2S. The molecule has 0 spiro atoms. The van der Waals surface area contributed by atoms with E-state index in [-0.39, 0.29) is 10.9 Å². The van der Waals surface area contributed by atoms with E-state index in [2.05, 4.69) is 26.6 Å². The van der Waals surface area contributed by atoms with Crippen molar-refractivity contribution in [1.82, 2.24) is 9.62 Å². The van der Waals surface area contributed by atoms with Crippen molar-refractivity contribution in [1.29, 1.82) is 0 Å². The third kappa shape index (κ3) is 4.33. The summed E-state index contributed by atoms with van der Waals surface area (Å²) >= 11 is 0. The smallest absolute Gasteiger partial charge is 0.241 e. The van der Waals surface area contributed by atoms with Crippen molar-refractivity contribution in [3.05, 3.63) is 83.7 Å². The molecule has 6 heteroatoms. The number of sulfonamides is 1. The van der Waals surface area contributed by atoms with E-state index in [4.69, 9.17) is 6.57 Å². The van der Waals surface area contributed by atoms with Gasteiger partial charge in [0.2, 0.25) is 10.0 Å². The van der Waals surface area contributed by atoms with Gasteiger partial charge in [-0.3, -0.25) is 4.90 Å². The van der Waals surface area contributed by atoms with Crippen LogP contribution in [0.5, 0.6) is 0 Å². The number of hydrogen-bond acceptors (Lipinski definition) is 3. The van der Waals surface area contributed by atoms with Crippen LogP contribution < -0.4 is 4.72 Å². The Labute approximate surface area is 171 Å². The Morgan fingerprint density at radius 2 is 1.59 bits per heavy atom. The van der Waals surface area contributed by atoms with E-state index < -0.39 is 10.0 Å². The van der Waals surface area contributed by atoms with Crippen LogP contribution in [0, 0.1) is 6.57 Å². The van der Waals surface area contributed by atoms with Gasteiger partial charge in [0.1, 0.15) is 0 Å². The maximum absolute atomic E-state index is 13.1. The fourth-order valence-corrected chi connectivity index (χ4v) is 5.44. The molecule has 0 aliphatic carbocycles. The van der Waals surface area contributed by atoms with Gasteiger partial charge in [-0.05, 0) is 29.2 Å². The minimum Gasteiger partial charge on any atom is -0.299 e. The molecule has 1 heterocycles. The second-order valence-corrected chi connectivity index (χ2v) is 9.08. The average molecular weight is 406 g/mol. The minimum absolute atomic E-state index is 0.0775. The maximum Gasteiger partial charge on any atom is 0.241 e. The molecule has 1 aliphatic rings. The lowest BCUT2D eigenvalue weighted by Crippen LogP contribution is -2.44. The first kappa shape index (κ1) is 19.6. The van der Waals surface area contributed by atoms with Gasteiger partial charge in [0.25, 0.3) is 0 Å². The lowest BCUT2D eigenvalue weighted by Gasteiger charge is -2.32. The number of rotatable bonds is 5. The summed E-state index contributed by atoms with van der Waals surface area (Å²) in [7, 11) is -3.66. The van der Waals surface area contributed by atoms with Gasteiger partial charge < -0.3 is 0 Å². The van der Waals surface area contributed by atoms with Crippen molar-refractivity contribution < 1.29 is 8.42 Å². The largest absolute Gasteiger partial charge is 0.299 e. The Morgan fingerprint density at radius 1 is 0.931 bits per heavy atom. The maximum atomic E-state index is 13.1. The molecule has 3 aromatic rings. The molecule has 0 aromatic heterocycles. The van der Waals surface area contributed by atoms with Crippen molar-refractivity contribution in [2.75, 3.05) is 13.1 Å². The number of fused-ring (bicyclic) bond motifs is 1. The van der Waals surface area contributed by atoms with Gasteiger partial charge in [-0.15, -0.1) is 0 Å². The van der Waals surface area contributed by atoms with Gasteiger partial charge in [-0.1, -0.05) is 66.7 Å². The molecule has 29 heavy (non-hydrogen) atoms. The van der Waals surface area contributed by atoms with E-state index >= 15 is 0 Å². The zero-order chi connectivity index (χ0) is 20.3. The highest BCUT2D eigenvalue weighted by atomic mass is 32.2. The number of nitrogens with zero attached hydrogens (tertiary/aromatic N) is 2. The molecule has 0 unspecified atom stereocenters. The Bertz CT molecular complexity index is 1150. The lowest BCUT2D eigenvalue weighted by atomic mass is 10.1. The first-order valence-corrected chi connectivity index (χ1v) is 11.2. The van der Waals surface area contributed by atoms with Crippen molar-refractivity contribution in [3.63, 3.8) is 0 Å². The molecule has 0 radical (unpaired) electrons. The number of benzene rings is 3. The SMILES string of the molecule is [C-]#[N+]c1ccc(S(=O)(=O)NC2CCN(Cc3ccccc3)CC2)c2ccccc12. The van der Waals surface area contributed by atoms with Gasteiger partial charge in [0, 0.05) is 25.7 Å². The van der Waals surface area contributed by atoms with Crippen LogP contribution in [0.1, 0.15) is 18.4 Å². The molecule has 3 aromatic carbocycles. The highest BCUT2D eigenvalue weighted by Crippen LogP contribution is 2.31. The standard InChI is InChI=1S/C23H23N3O2S/c1-24-22-11-12-23(21-10-6-5-9-20(21)22)29(27,28)25-19-13-15-26(16-14-19)17-18-7-3-2-4-8-18/h2-12,19,25H,13-17H2. The van der Waals surface area contributed by atoms with Crippen molar-refractivity contribution >= 4 is 26.5 Å². The Morgan fingerprint density at radius 3 is 2.28 bits per heavy atom. The number of hydrogen-bond donors (Lipinski definition) is 1. The van der Waals surface area contributed by atoms with Crippen LogP contribution in [0.2, 0.25) is 0 Å². The van der Waals surface area contributed by atoms with Gasteiger partial charge >= 0.3 is 0 Å². The molecule has 1 saturated heterocycles. The van der Waals surface area contributed by atoms with Crippen LogP contribution in [0.25, 0.3) is 15.6 Å². The second kappa shape index (κ2) is 8.34. The lowest BCUT2D eigenvalue weighted by molar-refractivity contribution is 0.200. The predicted octanol–water partition coefficient (Wildman–Crippen LogP) is 4.33. The zero-order valence-corrected chi connectivity index (χ0v) is 16.9. The second-order valence-electron chi connectivity index (χ2n) is 7.40. The molecule has 5 nitrogen and oxygen atoms in total. The Hall–Kier alpha value is -2.72. The van der Waals surface area contributed by atoms with E-state index in [0.717, 1.165) is 32.5 Å². The summed E-state index contributed by atoms with van der Waals surface area (Å²) in [6.07, 6.45) is 1.56. The summed E-state index contributed by atoms with van der Waals surface area (Å²) in [4.78, 5) is 6.11. The molecule has 0 saturated carbocycles. The van der Waals surface area contributed by atoms with Crippen LogP contribution in [-0.4, -0.2) is 32.4 Å². The van der Waals surface area contributed by atoms with Crippen LogP contribution in [0.15, 0.2) is 71.6 Å². The van der Waals surface area contributed by atoms with Gasteiger partial charge in [-0.2, -0.15) is 0 Å². The van der Waals surface area contributed by atoms with Gasteiger partial charge in [-0.25, -0.2) is 18.0 Å². The third-order valence-corrected chi connectivity index (χ3v) is 7.01. The molecule has 148 valence electrons. The van der Waals surface area contributed by atoms with Crippen molar-refractivity contribution in [2.45, 2.75) is 30.3 Å². The number of likely N-dealkylation sites (tertiary alicyclic amines) is 1. The first-order valence-electron chi connectivity index (χ1n) is 9.74. The van der Waals surface area contributed by atoms with E-state index in [1.165, 1.54) is 5.56 Å². The van der Waals surface area contributed by atoms with E-state index in [1.54, 1.807) is 30.3 Å². The van der Waals surface area contributed by atoms with Crippen LogP contribution in [-0.2, 0) is 16.6 Å². The van der Waals surface area contributed by atoms with E-state index in [1.807, 2.05) is 24.3 Å². The van der Waals surface area contributed by atoms with E-state index in [9.17, 15) is 8.42 Å². The van der Waals surface area contributed by atoms with E-state index in [0.29, 0.717) is 16.5 Å². The minimum atomic E-state index is -3.66. The molecule has 1 fully saturated rings. The summed E-state index contributed by atoms with van der Waals surface area (Å²) in [5, 5.41) is 1.26. The zero-order valence-electron chi connectivity index (χ0n) is 16.1. The van der Waals surface area contributed by atoms with Crippen molar-refractivity contribution in [3.8, 4) is 0 Å². The van der Waals surface area contributed by atoms with Crippen LogP contribution in [0.3, 0.4) is 0 Å².